The predicted molar refractivity (Wildman–Crippen MR) is 81.9 cm³/mol. The number of nitrogens with zero attached hydrogens (tertiary/aromatic N) is 1. The van der Waals surface area contributed by atoms with Gasteiger partial charge in [-0.05, 0) is 55.3 Å². The fraction of sp³-hybridized carbons (Fsp3) is 0.588. The molecule has 2 aliphatic heterocycles. The third-order valence-electron chi connectivity index (χ3n) is 5.23. The van der Waals surface area contributed by atoms with Gasteiger partial charge in [0.2, 0.25) is 0 Å². The summed E-state index contributed by atoms with van der Waals surface area (Å²) in [6.07, 6.45) is 1.77. The molecule has 23 heavy (non-hydrogen) atoms. The lowest BCUT2D eigenvalue weighted by molar-refractivity contribution is 0.0625. The van der Waals surface area contributed by atoms with Crippen LogP contribution in [0.1, 0.15) is 23.2 Å². The topological polar surface area (TPSA) is 52.6 Å². The van der Waals surface area contributed by atoms with Crippen molar-refractivity contribution in [3.63, 3.8) is 0 Å². The van der Waals surface area contributed by atoms with Gasteiger partial charge in [-0.25, -0.2) is 8.78 Å². The van der Waals surface area contributed by atoms with Crippen molar-refractivity contribution in [3.8, 4) is 0 Å². The smallest absolute Gasteiger partial charge is 0.253 e. The molecule has 2 saturated heterocycles. The number of carbonyl (C=O) groups excluding carboxylic acids is 1. The first-order valence-corrected chi connectivity index (χ1v) is 8.16. The third kappa shape index (κ3) is 3.38. The molecule has 2 heterocycles. The molecule has 0 radical (unpaired) electrons. The molecule has 4 nitrogen and oxygen atoms in total. The fourth-order valence-electron chi connectivity index (χ4n) is 3.85. The number of rotatable bonds is 3. The van der Waals surface area contributed by atoms with Crippen LogP contribution in [0, 0.1) is 29.4 Å². The van der Waals surface area contributed by atoms with Gasteiger partial charge < -0.3 is 15.3 Å². The second-order valence-corrected chi connectivity index (χ2v) is 6.52. The number of aliphatic hydroxyl groups is 1. The molecule has 1 aromatic carbocycles. The molecule has 126 valence electrons. The molecule has 6 heteroatoms. The normalized spacial score (nSPS) is 25.8. The molecule has 0 bridgehead atoms. The van der Waals surface area contributed by atoms with Crippen LogP contribution in [0.5, 0.6) is 0 Å². The Labute approximate surface area is 134 Å². The van der Waals surface area contributed by atoms with Crippen molar-refractivity contribution in [2.75, 3.05) is 32.8 Å². The molecule has 2 fully saturated rings. The molecule has 0 aromatic heterocycles. The van der Waals surface area contributed by atoms with Gasteiger partial charge in [0.05, 0.1) is 0 Å². The minimum Gasteiger partial charge on any atom is -0.396 e. The number of piperidine rings is 1. The number of amides is 1. The lowest BCUT2D eigenvalue weighted by Crippen LogP contribution is -2.41. The highest BCUT2D eigenvalue weighted by Crippen LogP contribution is 2.32. The Hall–Kier alpha value is -1.53. The zero-order valence-corrected chi connectivity index (χ0v) is 13.0. The minimum atomic E-state index is -0.992. The molecule has 0 spiro atoms. The molecule has 1 aromatic rings. The standard InChI is InChI=1S/C17H22F2N2O2/c18-15-2-1-12(7-16(15)19)17(23)21-5-3-11(4-6-21)14-9-20-8-13(14)10-22/h1-2,7,11,13-14,20,22H,3-6,8-10H2/t13-,14-/m0/s1. The largest absolute Gasteiger partial charge is 0.396 e. The first-order valence-electron chi connectivity index (χ1n) is 8.16. The summed E-state index contributed by atoms with van der Waals surface area (Å²) < 4.78 is 26.3. The zero-order valence-electron chi connectivity index (χ0n) is 13.0. The maximum Gasteiger partial charge on any atom is 0.253 e. The van der Waals surface area contributed by atoms with Gasteiger partial charge in [0.15, 0.2) is 11.6 Å². The Kier molecular flexibility index (Phi) is 4.92. The van der Waals surface area contributed by atoms with Crippen LogP contribution in [-0.2, 0) is 0 Å². The Balaban J connectivity index is 1.60. The first-order chi connectivity index (χ1) is 11.1. The summed E-state index contributed by atoms with van der Waals surface area (Å²) in [6, 6.07) is 3.29. The van der Waals surface area contributed by atoms with Crippen molar-refractivity contribution in [2.24, 2.45) is 17.8 Å². The summed E-state index contributed by atoms with van der Waals surface area (Å²) in [4.78, 5) is 14.1. The van der Waals surface area contributed by atoms with E-state index in [1.54, 1.807) is 4.90 Å². The van der Waals surface area contributed by atoms with Gasteiger partial charge in [-0.15, -0.1) is 0 Å². The highest BCUT2D eigenvalue weighted by Gasteiger charge is 2.35. The second kappa shape index (κ2) is 6.93. The van der Waals surface area contributed by atoms with Gasteiger partial charge >= 0.3 is 0 Å². The highest BCUT2D eigenvalue weighted by atomic mass is 19.2. The van der Waals surface area contributed by atoms with E-state index in [0.29, 0.717) is 30.8 Å². The van der Waals surface area contributed by atoms with Gasteiger partial charge in [0.1, 0.15) is 0 Å². The predicted octanol–water partition coefficient (Wildman–Crippen LogP) is 1.64. The Bertz CT molecular complexity index is 574. The van der Waals surface area contributed by atoms with Crippen molar-refractivity contribution in [1.29, 1.82) is 0 Å². The fourth-order valence-corrected chi connectivity index (χ4v) is 3.85. The van der Waals surface area contributed by atoms with Crippen LogP contribution < -0.4 is 5.32 Å². The molecule has 0 unspecified atom stereocenters. The van der Waals surface area contributed by atoms with Crippen LogP contribution in [0.2, 0.25) is 0 Å². The summed E-state index contributed by atoms with van der Waals surface area (Å²) in [5.41, 5.74) is 0.193. The summed E-state index contributed by atoms with van der Waals surface area (Å²) in [7, 11) is 0. The van der Waals surface area contributed by atoms with Crippen LogP contribution >= 0.6 is 0 Å². The number of hydrogen-bond donors (Lipinski definition) is 2. The van der Waals surface area contributed by atoms with Crippen molar-refractivity contribution < 1.29 is 18.7 Å². The Morgan fingerprint density at radius 2 is 1.96 bits per heavy atom. The quantitative estimate of drug-likeness (QED) is 0.889. The monoisotopic (exact) mass is 324 g/mol. The summed E-state index contributed by atoms with van der Waals surface area (Å²) >= 11 is 0. The molecule has 2 aliphatic rings. The molecule has 2 atom stereocenters. The zero-order chi connectivity index (χ0) is 16.4. The van der Waals surface area contributed by atoms with Crippen LogP contribution in [0.4, 0.5) is 8.78 Å². The molecular formula is C17H22F2N2O2. The number of carbonyl (C=O) groups is 1. The maximum absolute atomic E-state index is 13.3. The second-order valence-electron chi connectivity index (χ2n) is 6.52. The number of nitrogens with one attached hydrogen (secondary N) is 1. The van der Waals surface area contributed by atoms with E-state index in [0.717, 1.165) is 38.1 Å². The molecule has 0 saturated carbocycles. The van der Waals surface area contributed by atoms with Crippen molar-refractivity contribution in [3.05, 3.63) is 35.4 Å². The van der Waals surface area contributed by atoms with E-state index in [1.807, 2.05) is 0 Å². The molecule has 2 N–H and O–H groups in total. The number of benzene rings is 1. The summed E-state index contributed by atoms with van der Waals surface area (Å²) in [5.74, 6) is -0.923. The maximum atomic E-state index is 13.3. The number of likely N-dealkylation sites (tertiary alicyclic amines) is 1. The van der Waals surface area contributed by atoms with Crippen LogP contribution in [0.15, 0.2) is 18.2 Å². The summed E-state index contributed by atoms with van der Waals surface area (Å²) in [5, 5.41) is 12.8. The molecule has 1 amide bonds. The third-order valence-corrected chi connectivity index (χ3v) is 5.23. The van der Waals surface area contributed by atoms with E-state index in [9.17, 15) is 18.7 Å². The lowest BCUT2D eigenvalue weighted by atomic mass is 9.78. The van der Waals surface area contributed by atoms with Crippen LogP contribution in [0.25, 0.3) is 0 Å². The van der Waals surface area contributed by atoms with Gasteiger partial charge in [-0.2, -0.15) is 0 Å². The van der Waals surface area contributed by atoms with E-state index >= 15 is 0 Å². The lowest BCUT2D eigenvalue weighted by Gasteiger charge is -2.36. The Morgan fingerprint density at radius 3 is 2.61 bits per heavy atom. The minimum absolute atomic E-state index is 0.193. The first kappa shape index (κ1) is 16.3. The van der Waals surface area contributed by atoms with Crippen molar-refractivity contribution >= 4 is 5.91 Å². The van der Waals surface area contributed by atoms with Gasteiger partial charge in [0.25, 0.3) is 5.91 Å². The van der Waals surface area contributed by atoms with Gasteiger partial charge in [-0.3, -0.25) is 4.79 Å². The molecule has 0 aliphatic carbocycles. The molecule has 3 rings (SSSR count). The highest BCUT2D eigenvalue weighted by molar-refractivity contribution is 5.94. The summed E-state index contributed by atoms with van der Waals surface area (Å²) in [6.45, 7) is 3.22. The number of aliphatic hydroxyl groups excluding tert-OH is 1. The number of halogens is 2. The van der Waals surface area contributed by atoms with Crippen LogP contribution in [0.3, 0.4) is 0 Å². The average Bonchev–Trinajstić information content (AvgIpc) is 3.05. The number of hydrogen-bond acceptors (Lipinski definition) is 3. The average molecular weight is 324 g/mol. The van der Waals surface area contributed by atoms with E-state index < -0.39 is 11.6 Å². The SMILES string of the molecule is O=C(c1ccc(F)c(F)c1)N1CCC([C@@H]2CNC[C@H]2CO)CC1. The van der Waals surface area contributed by atoms with Crippen LogP contribution in [-0.4, -0.2) is 48.7 Å². The van der Waals surface area contributed by atoms with Gasteiger partial charge in [0, 0.05) is 31.8 Å². The van der Waals surface area contributed by atoms with Gasteiger partial charge in [-0.1, -0.05) is 0 Å². The van der Waals surface area contributed by atoms with Crippen molar-refractivity contribution in [2.45, 2.75) is 12.8 Å². The van der Waals surface area contributed by atoms with E-state index in [-0.39, 0.29) is 18.1 Å². The van der Waals surface area contributed by atoms with E-state index in [1.165, 1.54) is 6.07 Å². The van der Waals surface area contributed by atoms with E-state index in [2.05, 4.69) is 5.32 Å². The Morgan fingerprint density at radius 1 is 1.22 bits per heavy atom. The van der Waals surface area contributed by atoms with Crippen molar-refractivity contribution in [1.82, 2.24) is 10.2 Å². The molecular weight excluding hydrogens is 302 g/mol. The van der Waals surface area contributed by atoms with E-state index in [4.69, 9.17) is 0 Å².